The Kier molecular flexibility index (Phi) is 5.05. The Hall–Kier alpha value is -0.610. The topological polar surface area (TPSA) is 55.6 Å². The van der Waals surface area contributed by atoms with Gasteiger partial charge >= 0.3 is 0 Å². The molecule has 15 heavy (non-hydrogen) atoms. The molecule has 0 bridgehead atoms. The van der Waals surface area contributed by atoms with Crippen molar-refractivity contribution in [3.8, 4) is 0 Å². The van der Waals surface area contributed by atoms with Crippen LogP contribution in [0, 0.1) is 5.92 Å². The van der Waals surface area contributed by atoms with Crippen molar-refractivity contribution in [1.29, 1.82) is 0 Å². The number of likely N-dealkylation sites (tertiary alicyclic amines) is 1. The monoisotopic (exact) mass is 214 g/mol. The highest BCUT2D eigenvalue weighted by atomic mass is 16.5. The van der Waals surface area contributed by atoms with Crippen molar-refractivity contribution < 1.29 is 9.53 Å². The number of hydrogen-bond acceptors (Lipinski definition) is 3. The van der Waals surface area contributed by atoms with Crippen LogP contribution in [-0.2, 0) is 9.53 Å². The minimum atomic E-state index is -0.379. The maximum Gasteiger partial charge on any atom is 0.239 e. The first kappa shape index (κ1) is 12.5. The molecule has 0 unspecified atom stereocenters. The predicted octanol–water partition coefficient (Wildman–Crippen LogP) is 0.609. The number of carbonyl (C=O) groups excluding carboxylic acids is 1. The Bertz CT molecular complexity index is 207. The maximum atomic E-state index is 11.7. The van der Waals surface area contributed by atoms with Crippen LogP contribution in [0.3, 0.4) is 0 Å². The molecular weight excluding hydrogens is 192 g/mol. The van der Waals surface area contributed by atoms with Crippen molar-refractivity contribution in [3.05, 3.63) is 0 Å². The van der Waals surface area contributed by atoms with E-state index in [-0.39, 0.29) is 11.9 Å². The summed E-state index contributed by atoms with van der Waals surface area (Å²) in [6.45, 7) is 6.91. The summed E-state index contributed by atoms with van der Waals surface area (Å²) in [7, 11) is 0. The molecule has 0 spiro atoms. The number of hydrogen-bond donors (Lipinski definition) is 1. The normalized spacial score (nSPS) is 23.9. The molecule has 2 N–H and O–H groups in total. The molecule has 1 fully saturated rings. The van der Waals surface area contributed by atoms with Gasteiger partial charge in [0.05, 0.1) is 12.6 Å². The van der Waals surface area contributed by atoms with Crippen molar-refractivity contribution in [1.82, 2.24) is 4.90 Å². The number of nitrogens with two attached hydrogens (primary N) is 1. The highest BCUT2D eigenvalue weighted by Crippen LogP contribution is 2.17. The summed E-state index contributed by atoms with van der Waals surface area (Å²) in [5.41, 5.74) is 5.59. The minimum Gasteiger partial charge on any atom is -0.381 e. The summed E-state index contributed by atoms with van der Waals surface area (Å²) < 4.78 is 5.39. The standard InChI is InChI=1S/C11H22N2O2/c1-3-15-8-10-5-4-6-13(7-10)11(14)9(2)12/h9-10H,3-8,12H2,1-2H3/t9-,10-/m1/s1. The first-order valence-corrected chi connectivity index (χ1v) is 5.77. The van der Waals surface area contributed by atoms with Gasteiger partial charge in [0.15, 0.2) is 0 Å². The fourth-order valence-electron chi connectivity index (χ4n) is 1.97. The Balaban J connectivity index is 2.38. The molecule has 0 saturated carbocycles. The summed E-state index contributed by atoms with van der Waals surface area (Å²) in [5.74, 6) is 0.553. The van der Waals surface area contributed by atoms with E-state index in [1.807, 2.05) is 11.8 Å². The second-order valence-corrected chi connectivity index (χ2v) is 4.24. The molecule has 1 saturated heterocycles. The van der Waals surface area contributed by atoms with Crippen molar-refractivity contribution >= 4 is 5.91 Å². The zero-order valence-electron chi connectivity index (χ0n) is 9.74. The molecular formula is C11H22N2O2. The number of carbonyl (C=O) groups is 1. The Morgan fingerprint density at radius 3 is 3.00 bits per heavy atom. The Morgan fingerprint density at radius 1 is 1.67 bits per heavy atom. The van der Waals surface area contributed by atoms with Crippen molar-refractivity contribution in [2.75, 3.05) is 26.3 Å². The molecule has 0 aromatic carbocycles. The summed E-state index contributed by atoms with van der Waals surface area (Å²) in [4.78, 5) is 13.6. The quantitative estimate of drug-likeness (QED) is 0.746. The highest BCUT2D eigenvalue weighted by molar-refractivity contribution is 5.81. The lowest BCUT2D eigenvalue weighted by Crippen LogP contribution is -2.47. The second-order valence-electron chi connectivity index (χ2n) is 4.24. The smallest absolute Gasteiger partial charge is 0.239 e. The Labute approximate surface area is 91.8 Å². The number of ether oxygens (including phenoxy) is 1. The summed E-state index contributed by atoms with van der Waals surface area (Å²) in [6.07, 6.45) is 2.22. The van der Waals surface area contributed by atoms with Crippen LogP contribution in [0.5, 0.6) is 0 Å². The summed E-state index contributed by atoms with van der Waals surface area (Å²) in [6, 6.07) is -0.379. The van der Waals surface area contributed by atoms with E-state index in [4.69, 9.17) is 10.5 Å². The molecule has 4 nitrogen and oxygen atoms in total. The van der Waals surface area contributed by atoms with E-state index >= 15 is 0 Å². The van der Waals surface area contributed by atoms with Crippen LogP contribution >= 0.6 is 0 Å². The first-order valence-electron chi connectivity index (χ1n) is 5.77. The predicted molar refractivity (Wildman–Crippen MR) is 59.4 cm³/mol. The van der Waals surface area contributed by atoms with Crippen LogP contribution < -0.4 is 5.73 Å². The van der Waals surface area contributed by atoms with E-state index in [1.54, 1.807) is 6.92 Å². The van der Waals surface area contributed by atoms with E-state index in [9.17, 15) is 4.79 Å². The average Bonchev–Trinajstić information content (AvgIpc) is 2.25. The molecule has 4 heteroatoms. The zero-order valence-corrected chi connectivity index (χ0v) is 9.74. The number of rotatable bonds is 4. The van der Waals surface area contributed by atoms with E-state index in [0.29, 0.717) is 5.92 Å². The second kappa shape index (κ2) is 6.08. The van der Waals surface area contributed by atoms with Crippen molar-refractivity contribution in [2.24, 2.45) is 11.7 Å². The van der Waals surface area contributed by atoms with E-state index in [2.05, 4.69) is 0 Å². The molecule has 0 radical (unpaired) electrons. The lowest BCUT2D eigenvalue weighted by Gasteiger charge is -2.33. The van der Waals surface area contributed by atoms with Crippen LogP contribution in [0.2, 0.25) is 0 Å². The minimum absolute atomic E-state index is 0.0659. The van der Waals surface area contributed by atoms with Crippen LogP contribution in [0.1, 0.15) is 26.7 Å². The Morgan fingerprint density at radius 2 is 2.40 bits per heavy atom. The molecule has 1 aliphatic rings. The lowest BCUT2D eigenvalue weighted by molar-refractivity contribution is -0.134. The molecule has 1 rings (SSSR count). The van der Waals surface area contributed by atoms with Crippen LogP contribution in [-0.4, -0.2) is 43.2 Å². The summed E-state index contributed by atoms with van der Waals surface area (Å²) in [5, 5.41) is 0. The van der Waals surface area contributed by atoms with Gasteiger partial charge < -0.3 is 15.4 Å². The van der Waals surface area contributed by atoms with Crippen LogP contribution in [0.4, 0.5) is 0 Å². The molecule has 0 aliphatic carbocycles. The zero-order chi connectivity index (χ0) is 11.3. The number of amides is 1. The molecule has 0 aromatic heterocycles. The fraction of sp³-hybridized carbons (Fsp3) is 0.909. The molecule has 1 amide bonds. The van der Waals surface area contributed by atoms with Gasteiger partial charge in [-0.2, -0.15) is 0 Å². The van der Waals surface area contributed by atoms with E-state index in [1.165, 1.54) is 0 Å². The third-order valence-electron chi connectivity index (χ3n) is 2.78. The SMILES string of the molecule is CCOC[C@@H]1CCCN(C(=O)[C@@H](C)N)C1. The van der Waals surface area contributed by atoms with Gasteiger partial charge in [-0.1, -0.05) is 0 Å². The van der Waals surface area contributed by atoms with Crippen molar-refractivity contribution in [2.45, 2.75) is 32.7 Å². The van der Waals surface area contributed by atoms with Gasteiger partial charge in [-0.25, -0.2) is 0 Å². The van der Waals surface area contributed by atoms with Gasteiger partial charge in [0.1, 0.15) is 0 Å². The highest BCUT2D eigenvalue weighted by Gasteiger charge is 2.25. The van der Waals surface area contributed by atoms with E-state index < -0.39 is 0 Å². The van der Waals surface area contributed by atoms with Gasteiger partial charge in [-0.05, 0) is 32.6 Å². The van der Waals surface area contributed by atoms with E-state index in [0.717, 1.165) is 39.1 Å². The molecule has 88 valence electrons. The van der Waals surface area contributed by atoms with Crippen LogP contribution in [0.25, 0.3) is 0 Å². The third-order valence-corrected chi connectivity index (χ3v) is 2.78. The average molecular weight is 214 g/mol. The fourth-order valence-corrected chi connectivity index (χ4v) is 1.97. The third kappa shape index (κ3) is 3.80. The number of piperidine rings is 1. The van der Waals surface area contributed by atoms with Gasteiger partial charge in [-0.3, -0.25) is 4.79 Å². The number of nitrogens with zero attached hydrogens (tertiary/aromatic N) is 1. The largest absolute Gasteiger partial charge is 0.381 e. The molecule has 0 aromatic rings. The van der Waals surface area contributed by atoms with Crippen LogP contribution in [0.15, 0.2) is 0 Å². The summed E-state index contributed by atoms with van der Waals surface area (Å²) >= 11 is 0. The molecule has 1 aliphatic heterocycles. The van der Waals surface area contributed by atoms with Gasteiger partial charge in [0, 0.05) is 19.7 Å². The molecule has 1 heterocycles. The van der Waals surface area contributed by atoms with Crippen molar-refractivity contribution in [3.63, 3.8) is 0 Å². The molecule has 2 atom stereocenters. The maximum absolute atomic E-state index is 11.7. The van der Waals surface area contributed by atoms with Gasteiger partial charge in [0.25, 0.3) is 0 Å². The van der Waals surface area contributed by atoms with Gasteiger partial charge in [-0.15, -0.1) is 0 Å². The van der Waals surface area contributed by atoms with Gasteiger partial charge in [0.2, 0.25) is 5.91 Å². The first-order chi connectivity index (χ1) is 7.15. The lowest BCUT2D eigenvalue weighted by atomic mass is 9.98.